The number of alkyl halides is 8. The molecule has 1 heterocycles. The molecule has 0 bridgehead atoms. The third-order valence-electron chi connectivity index (χ3n) is 6.45. The predicted molar refractivity (Wildman–Crippen MR) is 99.3 cm³/mol. The van der Waals surface area contributed by atoms with Crippen LogP contribution in [0.1, 0.15) is 64.2 Å². The van der Waals surface area contributed by atoms with Gasteiger partial charge in [-0.2, -0.15) is 30.7 Å². The maximum absolute atomic E-state index is 13.3. The molecule has 188 valence electrons. The van der Waals surface area contributed by atoms with E-state index in [4.69, 9.17) is 9.47 Å². The lowest BCUT2D eigenvalue weighted by atomic mass is 9.78. The van der Waals surface area contributed by atoms with Gasteiger partial charge in [-0.05, 0) is 37.5 Å². The van der Waals surface area contributed by atoms with E-state index >= 15 is 0 Å². The van der Waals surface area contributed by atoms with Gasteiger partial charge in [0.15, 0.2) is 6.29 Å². The molecular weight excluding hydrogens is 452 g/mol. The zero-order chi connectivity index (χ0) is 24.0. The minimum Gasteiger partial charge on any atom is -0.352 e. The van der Waals surface area contributed by atoms with Gasteiger partial charge in [0, 0.05) is 12.3 Å². The number of ether oxygens (including phenoxy) is 2. The largest absolute Gasteiger partial charge is 0.460 e. The molecule has 1 aliphatic heterocycles. The molecule has 32 heavy (non-hydrogen) atoms. The van der Waals surface area contributed by atoms with Gasteiger partial charge in [0.25, 0.3) is 0 Å². The van der Waals surface area contributed by atoms with Crippen LogP contribution in [-0.4, -0.2) is 50.0 Å². The van der Waals surface area contributed by atoms with Crippen LogP contribution in [-0.2, 0) is 14.3 Å². The molecule has 2 fully saturated rings. The number of halogens is 8. The van der Waals surface area contributed by atoms with Crippen molar-refractivity contribution in [2.75, 3.05) is 19.9 Å². The third kappa shape index (κ3) is 7.01. The molecule has 0 aromatic rings. The summed E-state index contributed by atoms with van der Waals surface area (Å²) in [7, 11) is 0. The molecule has 2 rings (SSSR count). The minimum atomic E-state index is -6.52. The molecule has 0 unspecified atom stereocenters. The van der Waals surface area contributed by atoms with E-state index in [1.54, 1.807) is 0 Å². The van der Waals surface area contributed by atoms with E-state index in [2.05, 4.69) is 0 Å². The minimum absolute atomic E-state index is 0.0648. The average molecular weight is 482 g/mol. The molecular formula is C21H30F8O3. The SMILES string of the molecule is O=C(CCCC1OCC(CCC2CCC(CCF)CC2)CO1)C(F)(F)C(F)(F)C(F)(F)F. The quantitative estimate of drug-likeness (QED) is 0.316. The summed E-state index contributed by atoms with van der Waals surface area (Å²) < 4.78 is 112. The summed E-state index contributed by atoms with van der Waals surface area (Å²) in [5, 5.41) is 0. The Kier molecular flexibility index (Phi) is 9.75. The smallest absolute Gasteiger partial charge is 0.352 e. The number of carbonyl (C=O) groups is 1. The predicted octanol–water partition coefficient (Wildman–Crippen LogP) is 6.49. The summed E-state index contributed by atoms with van der Waals surface area (Å²) >= 11 is 0. The zero-order valence-corrected chi connectivity index (χ0v) is 17.8. The molecule has 0 radical (unpaired) electrons. The Hall–Kier alpha value is -0.970. The molecule has 0 atom stereocenters. The van der Waals surface area contributed by atoms with Crippen molar-refractivity contribution >= 4 is 5.78 Å². The highest BCUT2D eigenvalue weighted by Crippen LogP contribution is 2.47. The molecule has 1 saturated heterocycles. The zero-order valence-electron chi connectivity index (χ0n) is 17.8. The Labute approximate surface area is 182 Å². The molecule has 1 saturated carbocycles. The van der Waals surface area contributed by atoms with Crippen LogP contribution in [0, 0.1) is 17.8 Å². The molecule has 2 aliphatic rings. The van der Waals surface area contributed by atoms with Crippen LogP contribution >= 0.6 is 0 Å². The monoisotopic (exact) mass is 482 g/mol. The average Bonchev–Trinajstić information content (AvgIpc) is 2.73. The van der Waals surface area contributed by atoms with Crippen LogP contribution in [0.15, 0.2) is 0 Å². The summed E-state index contributed by atoms with van der Waals surface area (Å²) in [6.07, 6.45) is -2.16. The lowest BCUT2D eigenvalue weighted by molar-refractivity contribution is -0.343. The second kappa shape index (κ2) is 11.4. The van der Waals surface area contributed by atoms with Crippen molar-refractivity contribution in [2.45, 2.75) is 88.5 Å². The van der Waals surface area contributed by atoms with E-state index < -0.39 is 36.5 Å². The number of hydrogen-bond donors (Lipinski definition) is 0. The van der Waals surface area contributed by atoms with E-state index in [9.17, 15) is 39.9 Å². The highest BCUT2D eigenvalue weighted by molar-refractivity contribution is 5.86. The highest BCUT2D eigenvalue weighted by atomic mass is 19.4. The highest BCUT2D eigenvalue weighted by Gasteiger charge is 2.75. The number of Topliss-reactive ketones (excluding diaryl/α,β-unsaturated/α-hetero) is 1. The van der Waals surface area contributed by atoms with Crippen molar-refractivity contribution in [1.82, 2.24) is 0 Å². The van der Waals surface area contributed by atoms with Crippen molar-refractivity contribution in [3.8, 4) is 0 Å². The maximum atomic E-state index is 13.3. The van der Waals surface area contributed by atoms with Gasteiger partial charge in [0.1, 0.15) is 0 Å². The second-order valence-corrected chi connectivity index (χ2v) is 8.87. The van der Waals surface area contributed by atoms with Gasteiger partial charge in [0.2, 0.25) is 5.78 Å². The first-order valence-electron chi connectivity index (χ1n) is 11.0. The van der Waals surface area contributed by atoms with E-state index in [1.807, 2.05) is 0 Å². The first kappa shape index (κ1) is 27.3. The van der Waals surface area contributed by atoms with E-state index in [1.165, 1.54) is 0 Å². The van der Waals surface area contributed by atoms with Crippen LogP contribution in [0.4, 0.5) is 35.1 Å². The molecule has 0 N–H and O–H groups in total. The van der Waals surface area contributed by atoms with Gasteiger partial charge < -0.3 is 9.47 Å². The number of hydrogen-bond acceptors (Lipinski definition) is 3. The normalized spacial score (nSPS) is 28.0. The van der Waals surface area contributed by atoms with Crippen LogP contribution < -0.4 is 0 Å². The lowest BCUT2D eigenvalue weighted by Gasteiger charge is -2.32. The fraction of sp³-hybridized carbons (Fsp3) is 0.952. The first-order valence-corrected chi connectivity index (χ1v) is 11.0. The molecule has 0 aromatic heterocycles. The molecule has 0 spiro atoms. The summed E-state index contributed by atoms with van der Waals surface area (Å²) in [6.45, 7) is 0.445. The molecule has 0 aromatic carbocycles. The van der Waals surface area contributed by atoms with Crippen molar-refractivity contribution in [3.63, 3.8) is 0 Å². The number of rotatable bonds is 11. The van der Waals surface area contributed by atoms with E-state index in [0.717, 1.165) is 38.5 Å². The van der Waals surface area contributed by atoms with Crippen LogP contribution in [0.3, 0.4) is 0 Å². The third-order valence-corrected chi connectivity index (χ3v) is 6.45. The molecule has 3 nitrogen and oxygen atoms in total. The Morgan fingerprint density at radius 2 is 1.25 bits per heavy atom. The summed E-state index contributed by atoms with van der Waals surface area (Å²) in [6, 6.07) is 0. The first-order chi connectivity index (χ1) is 14.9. The van der Waals surface area contributed by atoms with Crippen molar-refractivity contribution in [3.05, 3.63) is 0 Å². The Morgan fingerprint density at radius 1 is 0.750 bits per heavy atom. The topological polar surface area (TPSA) is 35.5 Å². The van der Waals surface area contributed by atoms with Gasteiger partial charge >= 0.3 is 18.0 Å². The standard InChI is InChI=1S/C21H30F8O3/c22-11-10-15-6-4-14(5-7-15)8-9-16-12-31-18(32-13-16)3-1-2-17(30)19(23,24)20(25,26)21(27,28)29/h14-16,18H,1-13H2. The van der Waals surface area contributed by atoms with E-state index in [0.29, 0.717) is 31.5 Å². The van der Waals surface area contributed by atoms with Crippen LogP contribution in [0.25, 0.3) is 0 Å². The number of carbonyl (C=O) groups excluding carboxylic acids is 1. The van der Waals surface area contributed by atoms with Gasteiger partial charge in [-0.1, -0.05) is 32.1 Å². The fourth-order valence-corrected chi connectivity index (χ4v) is 4.29. The Morgan fingerprint density at radius 3 is 1.75 bits per heavy atom. The van der Waals surface area contributed by atoms with Crippen molar-refractivity contribution in [2.24, 2.45) is 17.8 Å². The summed E-state index contributed by atoms with van der Waals surface area (Å²) in [5.74, 6) is -13.5. The van der Waals surface area contributed by atoms with Gasteiger partial charge in [-0.15, -0.1) is 0 Å². The molecule has 1 aliphatic carbocycles. The van der Waals surface area contributed by atoms with Crippen molar-refractivity contribution in [1.29, 1.82) is 0 Å². The number of ketones is 1. The van der Waals surface area contributed by atoms with Gasteiger partial charge in [0.05, 0.1) is 19.9 Å². The van der Waals surface area contributed by atoms with Gasteiger partial charge in [-0.3, -0.25) is 9.18 Å². The molecule has 0 amide bonds. The molecule has 11 heteroatoms. The van der Waals surface area contributed by atoms with Crippen LogP contribution in [0.2, 0.25) is 0 Å². The Bertz CT molecular complexity index is 580. The maximum Gasteiger partial charge on any atom is 0.460 e. The van der Waals surface area contributed by atoms with Crippen molar-refractivity contribution < 1.29 is 49.4 Å². The fourth-order valence-electron chi connectivity index (χ4n) is 4.29. The summed E-state index contributed by atoms with van der Waals surface area (Å²) in [5.41, 5.74) is 0. The lowest BCUT2D eigenvalue weighted by Crippen LogP contribution is -2.56. The van der Waals surface area contributed by atoms with Gasteiger partial charge in [-0.25, -0.2) is 0 Å². The summed E-state index contributed by atoms with van der Waals surface area (Å²) in [4.78, 5) is 11.3. The van der Waals surface area contributed by atoms with E-state index in [-0.39, 0.29) is 25.4 Å². The second-order valence-electron chi connectivity index (χ2n) is 8.87. The Balaban J connectivity index is 1.63. The van der Waals surface area contributed by atoms with Crippen LogP contribution in [0.5, 0.6) is 0 Å².